The number of barbiturate groups is 1. The molecule has 3 aromatic rings. The molecule has 9 heteroatoms. The third-order valence-electron chi connectivity index (χ3n) is 4.95. The fraction of sp³-hybridized carbons (Fsp3) is 0.0400. The van der Waals surface area contributed by atoms with Gasteiger partial charge in [0.25, 0.3) is 11.8 Å². The Bertz CT molecular complexity index is 1330. The van der Waals surface area contributed by atoms with Gasteiger partial charge in [-0.2, -0.15) is 0 Å². The average molecular weight is 459 g/mol. The summed E-state index contributed by atoms with van der Waals surface area (Å²) in [6.45, 7) is 0.113. The van der Waals surface area contributed by atoms with Crippen LogP contribution < -0.4 is 20.1 Å². The van der Waals surface area contributed by atoms with Crippen LogP contribution >= 0.6 is 0 Å². The highest BCUT2D eigenvalue weighted by Gasteiger charge is 2.37. The van der Waals surface area contributed by atoms with E-state index in [1.807, 2.05) is 5.32 Å². The molecule has 8 nitrogen and oxygen atoms in total. The van der Waals surface area contributed by atoms with E-state index >= 15 is 0 Å². The number of hydrogen-bond acceptors (Lipinski definition) is 6. The van der Waals surface area contributed by atoms with Crippen LogP contribution in [0.15, 0.2) is 78.4 Å². The molecule has 4 amide bonds. The number of carbonyl (C=O) groups is 4. The quantitative estimate of drug-likeness (QED) is 0.447. The van der Waals surface area contributed by atoms with Crippen LogP contribution in [0.2, 0.25) is 0 Å². The van der Waals surface area contributed by atoms with E-state index in [-0.39, 0.29) is 23.4 Å². The Kier molecular flexibility index (Phi) is 6.18. The van der Waals surface area contributed by atoms with Crippen molar-refractivity contribution in [1.82, 2.24) is 5.32 Å². The van der Waals surface area contributed by atoms with Gasteiger partial charge in [0.1, 0.15) is 23.7 Å². The molecule has 4 rings (SSSR count). The summed E-state index contributed by atoms with van der Waals surface area (Å²) in [5, 5.41) is 13.0. The van der Waals surface area contributed by atoms with Crippen molar-refractivity contribution in [2.24, 2.45) is 0 Å². The Morgan fingerprint density at radius 1 is 1.00 bits per heavy atom. The van der Waals surface area contributed by atoms with Gasteiger partial charge in [0.15, 0.2) is 0 Å². The van der Waals surface area contributed by atoms with Crippen molar-refractivity contribution < 1.29 is 33.4 Å². The highest BCUT2D eigenvalue weighted by molar-refractivity contribution is 6.39. The Labute approximate surface area is 192 Å². The first-order valence-corrected chi connectivity index (χ1v) is 10.0. The Morgan fingerprint density at radius 3 is 2.44 bits per heavy atom. The van der Waals surface area contributed by atoms with E-state index in [0.29, 0.717) is 21.8 Å². The average Bonchev–Trinajstić information content (AvgIpc) is 2.82. The van der Waals surface area contributed by atoms with Crippen LogP contribution in [0.25, 0.3) is 6.08 Å². The number of ether oxygens (including phenoxy) is 1. The summed E-state index contributed by atoms with van der Waals surface area (Å²) in [7, 11) is 0. The molecular formula is C25H16FN2O6-. The highest BCUT2D eigenvalue weighted by atomic mass is 19.1. The number of hydrogen-bond donors (Lipinski definition) is 1. The highest BCUT2D eigenvalue weighted by Crippen LogP contribution is 2.25. The molecule has 1 fully saturated rings. The van der Waals surface area contributed by atoms with E-state index in [4.69, 9.17) is 4.74 Å². The van der Waals surface area contributed by atoms with Gasteiger partial charge in [-0.25, -0.2) is 14.1 Å². The van der Waals surface area contributed by atoms with Crippen LogP contribution in [-0.4, -0.2) is 23.8 Å². The summed E-state index contributed by atoms with van der Waals surface area (Å²) in [6.07, 6.45) is 1.28. The largest absolute Gasteiger partial charge is 0.545 e. The van der Waals surface area contributed by atoms with E-state index in [1.165, 1.54) is 36.4 Å². The van der Waals surface area contributed by atoms with Gasteiger partial charge < -0.3 is 14.6 Å². The van der Waals surface area contributed by atoms with Crippen molar-refractivity contribution in [3.8, 4) is 5.75 Å². The van der Waals surface area contributed by atoms with Gasteiger partial charge in [-0.15, -0.1) is 0 Å². The van der Waals surface area contributed by atoms with E-state index in [9.17, 15) is 28.7 Å². The molecular weight excluding hydrogens is 443 g/mol. The molecule has 0 spiro atoms. The SMILES string of the molecule is O=C1NC(=O)N(c2ccccc2F)C(=O)/C1=C\c1ccc(OCc2cccc(C(=O)[O-])c2)cc1. The molecule has 1 aliphatic heterocycles. The van der Waals surface area contributed by atoms with E-state index in [1.54, 1.807) is 36.4 Å². The van der Waals surface area contributed by atoms with Gasteiger partial charge in [-0.3, -0.25) is 14.9 Å². The van der Waals surface area contributed by atoms with Crippen molar-refractivity contribution >= 4 is 35.6 Å². The fourth-order valence-electron chi connectivity index (χ4n) is 3.29. The van der Waals surface area contributed by atoms with Crippen LogP contribution in [0.3, 0.4) is 0 Å². The predicted molar refractivity (Wildman–Crippen MR) is 117 cm³/mol. The van der Waals surface area contributed by atoms with Crippen molar-refractivity contribution in [3.63, 3.8) is 0 Å². The first kappa shape index (κ1) is 22.4. The summed E-state index contributed by atoms with van der Waals surface area (Å²) in [4.78, 5) is 48.8. The summed E-state index contributed by atoms with van der Waals surface area (Å²) in [6, 6.07) is 16.7. The summed E-state index contributed by atoms with van der Waals surface area (Å²) < 4.78 is 19.8. The number of carboxylic acids is 1. The van der Waals surface area contributed by atoms with Gasteiger partial charge in [0.2, 0.25) is 0 Å². The third kappa shape index (κ3) is 4.68. The number of imide groups is 2. The number of halogens is 1. The molecule has 1 N–H and O–H groups in total. The molecule has 0 aliphatic carbocycles. The van der Waals surface area contributed by atoms with Crippen LogP contribution in [0.1, 0.15) is 21.5 Å². The standard InChI is InChI=1S/C25H17FN2O6/c26-20-6-1-2-7-21(20)28-23(30)19(22(29)27-25(28)33)13-15-8-10-18(11-9-15)34-14-16-4-3-5-17(12-16)24(31)32/h1-13H,14H2,(H,31,32)(H,27,29,33)/p-1/b19-13-. The molecule has 0 saturated carbocycles. The van der Waals surface area contributed by atoms with Gasteiger partial charge in [-0.1, -0.05) is 42.5 Å². The zero-order valence-electron chi connectivity index (χ0n) is 17.5. The van der Waals surface area contributed by atoms with Crippen molar-refractivity contribution in [2.45, 2.75) is 6.61 Å². The maximum atomic E-state index is 14.1. The monoisotopic (exact) mass is 459 g/mol. The Morgan fingerprint density at radius 2 is 1.74 bits per heavy atom. The van der Waals surface area contributed by atoms with E-state index < -0.39 is 29.6 Å². The fourth-order valence-corrected chi connectivity index (χ4v) is 3.29. The Balaban J connectivity index is 1.51. The minimum absolute atomic E-state index is 0.0430. The zero-order chi connectivity index (χ0) is 24.2. The molecule has 34 heavy (non-hydrogen) atoms. The molecule has 170 valence electrons. The maximum Gasteiger partial charge on any atom is 0.336 e. The number of urea groups is 1. The van der Waals surface area contributed by atoms with Crippen LogP contribution in [0, 0.1) is 5.82 Å². The molecule has 0 radical (unpaired) electrons. The van der Waals surface area contributed by atoms with Gasteiger partial charge in [0.05, 0.1) is 11.7 Å². The number of benzene rings is 3. The summed E-state index contributed by atoms with van der Waals surface area (Å²) >= 11 is 0. The second kappa shape index (κ2) is 9.37. The summed E-state index contributed by atoms with van der Waals surface area (Å²) in [5.41, 5.74) is 0.537. The minimum atomic E-state index is -1.28. The number of carboxylic acid groups (broad SMARTS) is 1. The van der Waals surface area contributed by atoms with Crippen LogP contribution in [0.5, 0.6) is 5.75 Å². The lowest BCUT2D eigenvalue weighted by atomic mass is 10.1. The topological polar surface area (TPSA) is 116 Å². The smallest absolute Gasteiger partial charge is 0.336 e. The van der Waals surface area contributed by atoms with Crippen LogP contribution in [0.4, 0.5) is 14.9 Å². The molecule has 0 aromatic heterocycles. The van der Waals surface area contributed by atoms with Crippen molar-refractivity contribution in [2.75, 3.05) is 4.90 Å². The summed E-state index contributed by atoms with van der Waals surface area (Å²) in [5.74, 6) is -3.45. The van der Waals surface area contributed by atoms with E-state index in [0.717, 1.165) is 6.07 Å². The molecule has 3 aromatic carbocycles. The zero-order valence-corrected chi connectivity index (χ0v) is 17.5. The number of amides is 4. The molecule has 1 saturated heterocycles. The maximum absolute atomic E-state index is 14.1. The minimum Gasteiger partial charge on any atom is -0.545 e. The van der Waals surface area contributed by atoms with Crippen molar-refractivity contribution in [1.29, 1.82) is 0 Å². The number of para-hydroxylation sites is 1. The number of nitrogens with zero attached hydrogens (tertiary/aromatic N) is 1. The number of rotatable bonds is 6. The lowest BCUT2D eigenvalue weighted by Crippen LogP contribution is -2.54. The first-order valence-electron chi connectivity index (χ1n) is 10.0. The first-order chi connectivity index (χ1) is 16.3. The second-order valence-corrected chi connectivity index (χ2v) is 7.25. The predicted octanol–water partition coefficient (Wildman–Crippen LogP) is 2.43. The van der Waals surface area contributed by atoms with Crippen LogP contribution in [-0.2, 0) is 16.2 Å². The molecule has 1 aliphatic rings. The number of anilines is 1. The lowest BCUT2D eigenvalue weighted by molar-refractivity contribution is -0.255. The number of aromatic carboxylic acids is 1. The molecule has 0 atom stereocenters. The number of carbonyl (C=O) groups excluding carboxylic acids is 4. The lowest BCUT2D eigenvalue weighted by Gasteiger charge is -2.26. The van der Waals surface area contributed by atoms with Gasteiger partial charge in [0, 0.05) is 0 Å². The second-order valence-electron chi connectivity index (χ2n) is 7.25. The van der Waals surface area contributed by atoms with Gasteiger partial charge in [-0.05, 0) is 53.1 Å². The normalized spacial score (nSPS) is 14.8. The van der Waals surface area contributed by atoms with E-state index in [2.05, 4.69) is 0 Å². The van der Waals surface area contributed by atoms with Crippen molar-refractivity contribution in [3.05, 3.63) is 101 Å². The molecule has 0 bridgehead atoms. The third-order valence-corrected chi connectivity index (χ3v) is 4.95. The Hall–Kier alpha value is -4.79. The number of nitrogens with one attached hydrogen (secondary N) is 1. The molecule has 0 unspecified atom stereocenters. The molecule has 1 heterocycles. The van der Waals surface area contributed by atoms with Gasteiger partial charge >= 0.3 is 6.03 Å².